The Labute approximate surface area is 145 Å². The Morgan fingerprint density at radius 3 is 2.60 bits per heavy atom. The highest BCUT2D eigenvalue weighted by molar-refractivity contribution is 14.0. The molecule has 0 bridgehead atoms. The van der Waals surface area contributed by atoms with Gasteiger partial charge in [0.25, 0.3) is 0 Å². The van der Waals surface area contributed by atoms with Crippen LogP contribution in [-0.4, -0.2) is 50.8 Å². The van der Waals surface area contributed by atoms with E-state index in [2.05, 4.69) is 29.1 Å². The van der Waals surface area contributed by atoms with Crippen LogP contribution in [0.15, 0.2) is 17.6 Å². The number of nitrogens with zero attached hydrogens (tertiary/aromatic N) is 1. The normalized spacial score (nSPS) is 10.8. The number of nitrogens with one attached hydrogen (secondary N) is 2. The quantitative estimate of drug-likeness (QED) is 0.169. The standard InChI is InChI=1S/C14H29N3OS.HI/c1-4-6-10-18-11-7-8-16-14(15-3)17-9-13-19-12-5-2;/h5H,2,4,6-13H2,1,3H3,(H2,15,16,17);1H. The van der Waals surface area contributed by atoms with Gasteiger partial charge in [-0.15, -0.1) is 30.6 Å². The van der Waals surface area contributed by atoms with E-state index in [4.69, 9.17) is 4.74 Å². The van der Waals surface area contributed by atoms with Gasteiger partial charge in [-0.3, -0.25) is 4.99 Å². The summed E-state index contributed by atoms with van der Waals surface area (Å²) in [6.45, 7) is 9.39. The van der Waals surface area contributed by atoms with Crippen LogP contribution in [0.2, 0.25) is 0 Å². The fourth-order valence-electron chi connectivity index (χ4n) is 1.36. The van der Waals surface area contributed by atoms with E-state index in [1.165, 1.54) is 6.42 Å². The maximum absolute atomic E-state index is 5.50. The molecule has 0 aromatic rings. The number of unbranched alkanes of at least 4 members (excludes halogenated alkanes) is 1. The number of hydrogen-bond donors (Lipinski definition) is 2. The lowest BCUT2D eigenvalue weighted by atomic mass is 10.4. The minimum absolute atomic E-state index is 0. The Morgan fingerprint density at radius 1 is 1.25 bits per heavy atom. The van der Waals surface area contributed by atoms with E-state index in [0.717, 1.165) is 56.6 Å². The zero-order valence-electron chi connectivity index (χ0n) is 12.8. The monoisotopic (exact) mass is 415 g/mol. The van der Waals surface area contributed by atoms with Crippen LogP contribution in [0.4, 0.5) is 0 Å². The van der Waals surface area contributed by atoms with E-state index >= 15 is 0 Å². The minimum atomic E-state index is 0. The highest BCUT2D eigenvalue weighted by atomic mass is 127. The third-order valence-electron chi connectivity index (χ3n) is 2.40. The first-order valence-corrected chi connectivity index (χ1v) is 8.21. The molecule has 0 rings (SSSR count). The van der Waals surface area contributed by atoms with Crippen LogP contribution in [-0.2, 0) is 4.74 Å². The molecule has 120 valence electrons. The third kappa shape index (κ3) is 16.1. The molecule has 0 radical (unpaired) electrons. The Kier molecular flexibility index (Phi) is 21.3. The van der Waals surface area contributed by atoms with Gasteiger partial charge in [0.05, 0.1) is 0 Å². The van der Waals surface area contributed by atoms with Gasteiger partial charge in [-0.25, -0.2) is 0 Å². The van der Waals surface area contributed by atoms with Gasteiger partial charge in [0, 0.05) is 44.9 Å². The minimum Gasteiger partial charge on any atom is -0.381 e. The van der Waals surface area contributed by atoms with Crippen molar-refractivity contribution in [2.75, 3.05) is 44.9 Å². The summed E-state index contributed by atoms with van der Waals surface area (Å²) in [5.74, 6) is 2.93. The average molecular weight is 415 g/mol. The van der Waals surface area contributed by atoms with Gasteiger partial charge in [-0.05, 0) is 12.8 Å². The van der Waals surface area contributed by atoms with Gasteiger partial charge in [0.2, 0.25) is 0 Å². The van der Waals surface area contributed by atoms with Crippen molar-refractivity contribution in [3.05, 3.63) is 12.7 Å². The Morgan fingerprint density at radius 2 is 1.95 bits per heavy atom. The molecule has 0 saturated carbocycles. The number of ether oxygens (including phenoxy) is 1. The molecule has 0 aliphatic heterocycles. The average Bonchev–Trinajstić information content (AvgIpc) is 2.44. The van der Waals surface area contributed by atoms with Crippen LogP contribution in [0.1, 0.15) is 26.2 Å². The van der Waals surface area contributed by atoms with Crippen LogP contribution in [0.25, 0.3) is 0 Å². The maximum Gasteiger partial charge on any atom is 0.191 e. The fourth-order valence-corrected chi connectivity index (χ4v) is 1.94. The molecule has 0 unspecified atom stereocenters. The van der Waals surface area contributed by atoms with Crippen molar-refractivity contribution in [3.8, 4) is 0 Å². The van der Waals surface area contributed by atoms with E-state index in [0.29, 0.717) is 0 Å². The molecule has 0 aromatic carbocycles. The highest BCUT2D eigenvalue weighted by Gasteiger charge is 1.96. The Hall–Kier alpha value is 0.0500. The van der Waals surface area contributed by atoms with Crippen LogP contribution >= 0.6 is 35.7 Å². The third-order valence-corrected chi connectivity index (χ3v) is 3.36. The molecular weight excluding hydrogens is 385 g/mol. The van der Waals surface area contributed by atoms with Crippen molar-refractivity contribution in [3.63, 3.8) is 0 Å². The summed E-state index contributed by atoms with van der Waals surface area (Å²) in [6.07, 6.45) is 5.28. The molecule has 0 aliphatic carbocycles. The van der Waals surface area contributed by atoms with Crippen LogP contribution < -0.4 is 10.6 Å². The first kappa shape index (κ1) is 22.3. The van der Waals surface area contributed by atoms with Crippen LogP contribution in [0.5, 0.6) is 0 Å². The second-order valence-electron chi connectivity index (χ2n) is 4.11. The summed E-state index contributed by atoms with van der Waals surface area (Å²) in [4.78, 5) is 4.18. The topological polar surface area (TPSA) is 45.7 Å². The molecule has 0 saturated heterocycles. The summed E-state index contributed by atoms with van der Waals surface area (Å²) < 4.78 is 5.50. The zero-order valence-corrected chi connectivity index (χ0v) is 16.0. The number of aliphatic imine (C=N–C) groups is 1. The molecule has 0 spiro atoms. The number of halogens is 1. The number of rotatable bonds is 12. The lowest BCUT2D eigenvalue weighted by Gasteiger charge is -2.11. The molecule has 4 nitrogen and oxygen atoms in total. The molecule has 6 heteroatoms. The van der Waals surface area contributed by atoms with E-state index < -0.39 is 0 Å². The summed E-state index contributed by atoms with van der Waals surface area (Å²) >= 11 is 1.86. The first-order valence-electron chi connectivity index (χ1n) is 7.06. The van der Waals surface area contributed by atoms with Crippen molar-refractivity contribution < 1.29 is 4.74 Å². The molecule has 0 heterocycles. The lowest BCUT2D eigenvalue weighted by Crippen LogP contribution is -2.39. The van der Waals surface area contributed by atoms with Gasteiger partial charge in [0.1, 0.15) is 0 Å². The zero-order chi connectivity index (χ0) is 14.2. The van der Waals surface area contributed by atoms with Crippen molar-refractivity contribution in [1.29, 1.82) is 0 Å². The van der Waals surface area contributed by atoms with Gasteiger partial charge in [-0.1, -0.05) is 19.4 Å². The second kappa shape index (κ2) is 19.1. The van der Waals surface area contributed by atoms with E-state index in [1.807, 2.05) is 17.8 Å². The van der Waals surface area contributed by atoms with E-state index in [9.17, 15) is 0 Å². The van der Waals surface area contributed by atoms with Gasteiger partial charge < -0.3 is 15.4 Å². The van der Waals surface area contributed by atoms with Crippen molar-refractivity contribution >= 4 is 41.7 Å². The second-order valence-corrected chi connectivity index (χ2v) is 5.26. The summed E-state index contributed by atoms with van der Waals surface area (Å²) in [7, 11) is 1.80. The van der Waals surface area contributed by atoms with Crippen LogP contribution in [0.3, 0.4) is 0 Å². The summed E-state index contributed by atoms with van der Waals surface area (Å²) in [5.41, 5.74) is 0. The van der Waals surface area contributed by atoms with Crippen molar-refractivity contribution in [2.45, 2.75) is 26.2 Å². The largest absolute Gasteiger partial charge is 0.381 e. The van der Waals surface area contributed by atoms with Gasteiger partial charge in [0.15, 0.2) is 5.96 Å². The predicted octanol–water partition coefficient (Wildman–Crippen LogP) is 2.90. The SMILES string of the molecule is C=CCSCCNC(=NC)NCCCOCCCC.I. The number of guanidine groups is 1. The summed E-state index contributed by atoms with van der Waals surface area (Å²) in [6, 6.07) is 0. The van der Waals surface area contributed by atoms with E-state index in [-0.39, 0.29) is 24.0 Å². The molecule has 20 heavy (non-hydrogen) atoms. The van der Waals surface area contributed by atoms with Gasteiger partial charge in [-0.2, -0.15) is 11.8 Å². The maximum atomic E-state index is 5.50. The molecule has 0 amide bonds. The lowest BCUT2D eigenvalue weighted by molar-refractivity contribution is 0.129. The van der Waals surface area contributed by atoms with Gasteiger partial charge >= 0.3 is 0 Å². The Bertz CT molecular complexity index is 240. The Balaban J connectivity index is 0. The predicted molar refractivity (Wildman–Crippen MR) is 103 cm³/mol. The molecular formula is C14H30IN3OS. The molecule has 0 aromatic heterocycles. The number of thioether (sulfide) groups is 1. The molecule has 2 N–H and O–H groups in total. The number of hydrogen-bond acceptors (Lipinski definition) is 3. The molecule has 0 atom stereocenters. The highest BCUT2D eigenvalue weighted by Crippen LogP contribution is 1.96. The fraction of sp³-hybridized carbons (Fsp3) is 0.786. The van der Waals surface area contributed by atoms with Crippen molar-refractivity contribution in [2.24, 2.45) is 4.99 Å². The molecule has 0 fully saturated rings. The smallest absolute Gasteiger partial charge is 0.191 e. The van der Waals surface area contributed by atoms with Crippen molar-refractivity contribution in [1.82, 2.24) is 10.6 Å². The molecule has 0 aliphatic rings. The first-order chi connectivity index (χ1) is 9.35. The summed E-state index contributed by atoms with van der Waals surface area (Å²) in [5, 5.41) is 6.56. The van der Waals surface area contributed by atoms with E-state index in [1.54, 1.807) is 7.05 Å². The van der Waals surface area contributed by atoms with Crippen LogP contribution in [0, 0.1) is 0 Å².